The molecule has 0 saturated carbocycles. The topological polar surface area (TPSA) is 111 Å². The van der Waals surface area contributed by atoms with Crippen molar-refractivity contribution in [3.8, 4) is 11.5 Å². The van der Waals surface area contributed by atoms with Crippen molar-refractivity contribution in [1.82, 2.24) is 10.4 Å². The Morgan fingerprint density at radius 1 is 1.22 bits per heavy atom. The van der Waals surface area contributed by atoms with Crippen LogP contribution in [0.3, 0.4) is 0 Å². The van der Waals surface area contributed by atoms with Crippen LogP contribution >= 0.6 is 22.9 Å². The number of hydrogen-bond donors (Lipinski definition) is 2. The first-order valence-corrected chi connectivity index (χ1v) is 11.6. The van der Waals surface area contributed by atoms with Crippen LogP contribution in [0, 0.1) is 0 Å². The van der Waals surface area contributed by atoms with E-state index in [9.17, 15) is 22.8 Å². The third-order valence-corrected chi connectivity index (χ3v) is 5.64. The standard InChI is InChI=1S/C23H20ClF3N4O5S/c1-34-18-7-13(6-17(24)21(18)36-11-20(33)35-2)10-28-31-19(32)9-16-12-37-22(30-16)29-15-5-3-4-14(8-15)23(25,26)27/h3-8,10,12H,9,11H2,1-2H3,(H,29,30)(H,31,32)/b28-10-. The van der Waals surface area contributed by atoms with E-state index in [0.717, 1.165) is 23.5 Å². The maximum atomic E-state index is 12.9. The molecule has 0 radical (unpaired) electrons. The van der Waals surface area contributed by atoms with Crippen molar-refractivity contribution in [2.45, 2.75) is 12.6 Å². The molecular formula is C23H20ClF3N4O5S. The number of rotatable bonds is 10. The predicted molar refractivity (Wildman–Crippen MR) is 132 cm³/mol. The van der Waals surface area contributed by atoms with Gasteiger partial charge in [-0.15, -0.1) is 11.3 Å². The third-order valence-electron chi connectivity index (χ3n) is 4.55. The second kappa shape index (κ2) is 12.4. The number of halogens is 4. The van der Waals surface area contributed by atoms with Gasteiger partial charge in [-0.1, -0.05) is 17.7 Å². The van der Waals surface area contributed by atoms with Gasteiger partial charge in [0.25, 0.3) is 0 Å². The van der Waals surface area contributed by atoms with Crippen LogP contribution in [0.1, 0.15) is 16.8 Å². The number of aromatic nitrogens is 1. The maximum absolute atomic E-state index is 12.9. The number of methoxy groups -OCH3 is 2. The number of carbonyl (C=O) groups excluding carboxylic acids is 2. The van der Waals surface area contributed by atoms with Gasteiger partial charge in [0.05, 0.1) is 43.1 Å². The number of anilines is 2. The summed E-state index contributed by atoms with van der Waals surface area (Å²) in [5, 5.41) is 8.77. The number of ether oxygens (including phenoxy) is 3. The monoisotopic (exact) mass is 556 g/mol. The Bertz CT molecular complexity index is 1300. The molecule has 0 aliphatic rings. The highest BCUT2D eigenvalue weighted by molar-refractivity contribution is 7.13. The molecule has 3 rings (SSSR count). The predicted octanol–water partition coefficient (Wildman–Crippen LogP) is 4.81. The van der Waals surface area contributed by atoms with Crippen LogP contribution in [0.2, 0.25) is 5.02 Å². The summed E-state index contributed by atoms with van der Waals surface area (Å²) in [5.41, 5.74) is 2.68. The van der Waals surface area contributed by atoms with E-state index in [-0.39, 0.29) is 35.2 Å². The Kier molecular flexibility index (Phi) is 9.31. The van der Waals surface area contributed by atoms with Crippen LogP contribution in [-0.2, 0) is 26.9 Å². The summed E-state index contributed by atoms with van der Waals surface area (Å²) in [6.07, 6.45) is -3.23. The van der Waals surface area contributed by atoms with Crippen LogP contribution in [0.5, 0.6) is 11.5 Å². The van der Waals surface area contributed by atoms with Crippen molar-refractivity contribution < 1.29 is 37.0 Å². The summed E-state index contributed by atoms with van der Waals surface area (Å²) in [6, 6.07) is 7.76. The molecule has 1 amide bonds. The summed E-state index contributed by atoms with van der Waals surface area (Å²) < 4.78 is 53.7. The highest BCUT2D eigenvalue weighted by Crippen LogP contribution is 2.36. The number of hydrogen-bond acceptors (Lipinski definition) is 9. The molecule has 0 aliphatic heterocycles. The zero-order valence-corrected chi connectivity index (χ0v) is 21.0. The maximum Gasteiger partial charge on any atom is 0.416 e. The van der Waals surface area contributed by atoms with Gasteiger partial charge in [0, 0.05) is 11.1 Å². The fraction of sp³-hybridized carbons (Fsp3) is 0.217. The molecule has 2 N–H and O–H groups in total. The molecule has 2 aromatic carbocycles. The summed E-state index contributed by atoms with van der Waals surface area (Å²) in [7, 11) is 2.62. The van der Waals surface area contributed by atoms with E-state index in [2.05, 4.69) is 25.6 Å². The fourth-order valence-electron chi connectivity index (χ4n) is 2.87. The molecule has 0 saturated heterocycles. The molecule has 0 spiro atoms. The molecule has 3 aromatic rings. The van der Waals surface area contributed by atoms with Crippen molar-refractivity contribution in [3.63, 3.8) is 0 Å². The third kappa shape index (κ3) is 8.08. The Hall–Kier alpha value is -3.84. The first-order chi connectivity index (χ1) is 17.6. The molecule has 1 heterocycles. The van der Waals surface area contributed by atoms with Crippen LogP contribution in [0.15, 0.2) is 46.9 Å². The quantitative estimate of drug-likeness (QED) is 0.209. The molecule has 0 atom stereocenters. The molecule has 14 heteroatoms. The van der Waals surface area contributed by atoms with Crippen LogP contribution < -0.4 is 20.2 Å². The van der Waals surface area contributed by atoms with E-state index in [4.69, 9.17) is 21.1 Å². The SMILES string of the molecule is COC(=O)COc1c(Cl)cc(/C=N\NC(=O)Cc2csc(Nc3cccc(C(F)(F)F)c3)n2)cc1OC. The van der Waals surface area contributed by atoms with E-state index in [0.29, 0.717) is 16.4 Å². The zero-order valence-electron chi connectivity index (χ0n) is 19.4. The summed E-state index contributed by atoms with van der Waals surface area (Å²) in [5.74, 6) is -0.672. The van der Waals surface area contributed by atoms with Gasteiger partial charge in [-0.2, -0.15) is 18.3 Å². The van der Waals surface area contributed by atoms with Crippen LogP contribution in [0.25, 0.3) is 0 Å². The number of amides is 1. The van der Waals surface area contributed by atoms with Gasteiger partial charge in [0.1, 0.15) is 0 Å². The number of esters is 1. The molecule has 0 aliphatic carbocycles. The minimum Gasteiger partial charge on any atom is -0.493 e. The van der Waals surface area contributed by atoms with Gasteiger partial charge < -0.3 is 19.5 Å². The number of benzene rings is 2. The number of alkyl halides is 3. The lowest BCUT2D eigenvalue weighted by molar-refractivity contribution is -0.143. The average molecular weight is 557 g/mol. The molecule has 0 bridgehead atoms. The Morgan fingerprint density at radius 2 is 2.00 bits per heavy atom. The normalized spacial score (nSPS) is 11.3. The minimum absolute atomic E-state index is 0.109. The number of nitrogens with one attached hydrogen (secondary N) is 2. The second-order valence-corrected chi connectivity index (χ2v) is 8.48. The first-order valence-electron chi connectivity index (χ1n) is 10.4. The number of carbonyl (C=O) groups is 2. The number of thiazole rings is 1. The highest BCUT2D eigenvalue weighted by Gasteiger charge is 2.30. The van der Waals surface area contributed by atoms with Crippen LogP contribution in [-0.4, -0.2) is 43.9 Å². The summed E-state index contributed by atoms with van der Waals surface area (Å²) in [6.45, 7) is -0.357. The molecule has 196 valence electrons. The molecule has 0 fully saturated rings. The largest absolute Gasteiger partial charge is 0.493 e. The number of nitrogens with zero attached hydrogens (tertiary/aromatic N) is 2. The molecular weight excluding hydrogens is 537 g/mol. The van der Waals surface area contributed by atoms with Gasteiger partial charge in [-0.3, -0.25) is 4.79 Å². The van der Waals surface area contributed by atoms with Crippen molar-refractivity contribution in [2.24, 2.45) is 5.10 Å². The zero-order chi connectivity index (χ0) is 27.0. The van der Waals surface area contributed by atoms with Crippen molar-refractivity contribution in [3.05, 3.63) is 63.6 Å². The molecule has 9 nitrogen and oxygen atoms in total. The van der Waals surface area contributed by atoms with E-state index < -0.39 is 23.6 Å². The van der Waals surface area contributed by atoms with Gasteiger partial charge in [0.2, 0.25) is 5.91 Å². The van der Waals surface area contributed by atoms with E-state index in [1.165, 1.54) is 38.6 Å². The van der Waals surface area contributed by atoms with E-state index in [1.807, 2.05) is 0 Å². The molecule has 37 heavy (non-hydrogen) atoms. The lowest BCUT2D eigenvalue weighted by atomic mass is 10.2. The van der Waals surface area contributed by atoms with Crippen molar-refractivity contribution >= 4 is 51.8 Å². The summed E-state index contributed by atoms with van der Waals surface area (Å²) >= 11 is 7.35. The van der Waals surface area contributed by atoms with Gasteiger partial charge in [0.15, 0.2) is 23.2 Å². The lowest BCUT2D eigenvalue weighted by Gasteiger charge is -2.12. The Morgan fingerprint density at radius 3 is 2.70 bits per heavy atom. The van der Waals surface area contributed by atoms with Gasteiger partial charge in [-0.05, 0) is 35.9 Å². The Balaban J connectivity index is 1.57. The number of hydrazone groups is 1. The van der Waals surface area contributed by atoms with E-state index in [1.54, 1.807) is 11.4 Å². The lowest BCUT2D eigenvalue weighted by Crippen LogP contribution is -2.20. The minimum atomic E-state index is -4.46. The molecule has 0 unspecified atom stereocenters. The fourth-order valence-corrected chi connectivity index (χ4v) is 3.87. The molecule has 1 aromatic heterocycles. The second-order valence-electron chi connectivity index (χ2n) is 7.22. The smallest absolute Gasteiger partial charge is 0.416 e. The summed E-state index contributed by atoms with van der Waals surface area (Å²) in [4.78, 5) is 27.7. The van der Waals surface area contributed by atoms with Gasteiger partial charge >= 0.3 is 12.1 Å². The average Bonchev–Trinajstić information content (AvgIpc) is 3.28. The van der Waals surface area contributed by atoms with Crippen molar-refractivity contribution in [2.75, 3.05) is 26.1 Å². The van der Waals surface area contributed by atoms with Crippen molar-refractivity contribution in [1.29, 1.82) is 0 Å². The van der Waals surface area contributed by atoms with E-state index >= 15 is 0 Å². The van der Waals surface area contributed by atoms with Crippen LogP contribution in [0.4, 0.5) is 24.0 Å². The Labute approximate surface area is 218 Å². The first kappa shape index (κ1) is 27.7. The van der Waals surface area contributed by atoms with Gasteiger partial charge in [-0.25, -0.2) is 15.2 Å². The highest BCUT2D eigenvalue weighted by atomic mass is 35.5.